The molecule has 0 heterocycles. The molecule has 2 aromatic carbocycles. The lowest BCUT2D eigenvalue weighted by Crippen LogP contribution is -2.55. The van der Waals surface area contributed by atoms with Crippen LogP contribution in [0.3, 0.4) is 0 Å². The van der Waals surface area contributed by atoms with Gasteiger partial charge in [-0.2, -0.15) is 0 Å². The van der Waals surface area contributed by atoms with E-state index >= 15 is 0 Å². The van der Waals surface area contributed by atoms with E-state index in [1.807, 2.05) is 63.2 Å². The fourth-order valence-electron chi connectivity index (χ4n) is 3.55. The number of carbonyl (C=O) groups is 2. The van der Waals surface area contributed by atoms with Gasteiger partial charge in [-0.15, -0.1) is 0 Å². The van der Waals surface area contributed by atoms with E-state index in [-0.39, 0.29) is 5.91 Å². The van der Waals surface area contributed by atoms with Crippen molar-refractivity contribution in [2.45, 2.75) is 39.2 Å². The maximum absolute atomic E-state index is 13.0. The first kappa shape index (κ1) is 17.9. The van der Waals surface area contributed by atoms with E-state index in [9.17, 15) is 14.7 Å². The minimum absolute atomic E-state index is 0.300. The largest absolute Gasteiger partial charge is 0.479 e. The summed E-state index contributed by atoms with van der Waals surface area (Å²) in [6, 6.07) is 13.2. The van der Waals surface area contributed by atoms with Gasteiger partial charge in [-0.25, -0.2) is 4.79 Å². The minimum atomic E-state index is -1.30. The molecule has 0 bridgehead atoms. The third-order valence-electron chi connectivity index (χ3n) is 4.87. The van der Waals surface area contributed by atoms with E-state index in [0.717, 1.165) is 27.8 Å². The fraction of sp³-hybridized carbons (Fsp3) is 0.273. The number of carboxylic acids is 1. The second-order valence-corrected chi connectivity index (χ2v) is 7.22. The molecule has 4 nitrogen and oxygen atoms in total. The molecule has 0 aliphatic heterocycles. The van der Waals surface area contributed by atoms with Crippen LogP contribution in [0.1, 0.15) is 46.5 Å². The second kappa shape index (κ2) is 6.79. The highest BCUT2D eigenvalue weighted by atomic mass is 16.4. The maximum Gasteiger partial charge on any atom is 0.330 e. The number of fused-ring (bicyclic) bond motifs is 1. The first-order valence-electron chi connectivity index (χ1n) is 8.69. The Hall–Kier alpha value is -2.88. The topological polar surface area (TPSA) is 66.4 Å². The normalized spacial score (nSPS) is 14.4. The number of hydrogen-bond acceptors (Lipinski definition) is 2. The quantitative estimate of drug-likeness (QED) is 0.883. The van der Waals surface area contributed by atoms with E-state index in [1.165, 1.54) is 0 Å². The molecule has 26 heavy (non-hydrogen) atoms. The van der Waals surface area contributed by atoms with Crippen LogP contribution in [0, 0.1) is 6.92 Å². The summed E-state index contributed by atoms with van der Waals surface area (Å²) in [5.41, 5.74) is 4.05. The third-order valence-corrected chi connectivity index (χ3v) is 4.87. The van der Waals surface area contributed by atoms with Gasteiger partial charge in [0.25, 0.3) is 5.91 Å². The number of aryl methyl sites for hydroxylation is 1. The Morgan fingerprint density at radius 1 is 1.04 bits per heavy atom. The highest BCUT2D eigenvalue weighted by Gasteiger charge is 2.45. The number of hydrogen-bond donors (Lipinski definition) is 2. The molecule has 134 valence electrons. The predicted molar refractivity (Wildman–Crippen MR) is 102 cm³/mol. The van der Waals surface area contributed by atoms with Crippen molar-refractivity contribution in [2.24, 2.45) is 0 Å². The van der Waals surface area contributed by atoms with Gasteiger partial charge in [-0.3, -0.25) is 4.79 Å². The van der Waals surface area contributed by atoms with Gasteiger partial charge in [-0.1, -0.05) is 48.0 Å². The molecular formula is C22H23NO3. The zero-order valence-corrected chi connectivity index (χ0v) is 15.3. The molecule has 0 aromatic heterocycles. The lowest BCUT2D eigenvalue weighted by Gasteiger charge is -2.26. The minimum Gasteiger partial charge on any atom is -0.479 e. The van der Waals surface area contributed by atoms with Crippen molar-refractivity contribution in [3.8, 4) is 0 Å². The molecule has 0 unspecified atom stereocenters. The summed E-state index contributed by atoms with van der Waals surface area (Å²) >= 11 is 0. The van der Waals surface area contributed by atoms with Crippen molar-refractivity contribution in [2.75, 3.05) is 0 Å². The van der Waals surface area contributed by atoms with Crippen LogP contribution < -0.4 is 5.32 Å². The zero-order chi connectivity index (χ0) is 18.9. The molecule has 2 N–H and O–H groups in total. The number of allylic oxidation sites excluding steroid dienone is 1. The van der Waals surface area contributed by atoms with Gasteiger partial charge in [0.2, 0.25) is 0 Å². The zero-order valence-electron chi connectivity index (χ0n) is 15.3. The maximum atomic E-state index is 13.0. The summed E-state index contributed by atoms with van der Waals surface area (Å²) in [6.07, 6.45) is 2.56. The number of aliphatic carboxylic acids is 1. The Morgan fingerprint density at radius 2 is 1.65 bits per heavy atom. The van der Waals surface area contributed by atoms with Crippen molar-refractivity contribution < 1.29 is 14.7 Å². The van der Waals surface area contributed by atoms with Crippen LogP contribution in [0.4, 0.5) is 0 Å². The van der Waals surface area contributed by atoms with E-state index in [2.05, 4.69) is 5.32 Å². The number of carboxylic acid groups (broad SMARTS) is 1. The monoisotopic (exact) mass is 349 g/mol. The van der Waals surface area contributed by atoms with Gasteiger partial charge < -0.3 is 10.4 Å². The third kappa shape index (κ3) is 3.27. The lowest BCUT2D eigenvalue weighted by atomic mass is 9.93. The molecule has 4 heteroatoms. The average molecular weight is 349 g/mol. The molecule has 0 spiro atoms. The van der Waals surface area contributed by atoms with Gasteiger partial charge in [0.15, 0.2) is 0 Å². The van der Waals surface area contributed by atoms with Gasteiger partial charge in [0, 0.05) is 18.4 Å². The number of carbonyl (C=O) groups excluding carboxylic acids is 1. The fourth-order valence-corrected chi connectivity index (χ4v) is 3.55. The van der Waals surface area contributed by atoms with Crippen LogP contribution in [-0.4, -0.2) is 22.5 Å². The Bertz CT molecular complexity index is 882. The molecule has 1 aliphatic carbocycles. The van der Waals surface area contributed by atoms with Gasteiger partial charge in [0.05, 0.1) is 0 Å². The highest BCUT2D eigenvalue weighted by molar-refractivity contribution is 6.01. The van der Waals surface area contributed by atoms with E-state index in [0.29, 0.717) is 18.4 Å². The van der Waals surface area contributed by atoms with Crippen LogP contribution in [0.5, 0.6) is 0 Å². The molecule has 0 fully saturated rings. The van der Waals surface area contributed by atoms with Crippen molar-refractivity contribution in [1.82, 2.24) is 5.32 Å². The van der Waals surface area contributed by atoms with Crippen molar-refractivity contribution in [1.29, 1.82) is 0 Å². The Balaban J connectivity index is 1.96. The number of nitrogens with one attached hydrogen (secondary N) is 1. The summed E-state index contributed by atoms with van der Waals surface area (Å²) in [7, 11) is 0. The Labute approximate surface area is 153 Å². The summed E-state index contributed by atoms with van der Waals surface area (Å²) < 4.78 is 0. The number of rotatable bonds is 4. The standard InChI is InChI=1S/C22H23NO3/c1-14(2)11-19-15(3)7-6-10-18(19)20(24)23-22(21(25)26)12-16-8-4-5-9-17(16)13-22/h4-11H,12-13H2,1-3H3,(H,23,24)(H,25,26). The van der Waals surface area contributed by atoms with Crippen LogP contribution in [-0.2, 0) is 17.6 Å². The number of amides is 1. The average Bonchev–Trinajstić information content (AvgIpc) is 2.95. The molecule has 1 amide bonds. The van der Waals surface area contributed by atoms with Crippen LogP contribution >= 0.6 is 0 Å². The van der Waals surface area contributed by atoms with Crippen molar-refractivity contribution in [3.63, 3.8) is 0 Å². The predicted octanol–water partition coefficient (Wildman–Crippen LogP) is 3.77. The van der Waals surface area contributed by atoms with Crippen molar-refractivity contribution >= 4 is 18.0 Å². The summed E-state index contributed by atoms with van der Waals surface area (Å²) in [5.74, 6) is -1.35. The van der Waals surface area contributed by atoms with Crippen molar-refractivity contribution in [3.05, 3.63) is 75.9 Å². The molecule has 1 aliphatic rings. The molecule has 0 radical (unpaired) electrons. The van der Waals surface area contributed by atoms with Gasteiger partial charge in [0.1, 0.15) is 5.54 Å². The van der Waals surface area contributed by atoms with E-state index < -0.39 is 11.5 Å². The van der Waals surface area contributed by atoms with Gasteiger partial charge in [-0.05, 0) is 49.1 Å². The molecular weight excluding hydrogens is 326 g/mol. The van der Waals surface area contributed by atoms with E-state index in [1.54, 1.807) is 6.07 Å². The molecule has 3 rings (SSSR count). The van der Waals surface area contributed by atoms with Gasteiger partial charge >= 0.3 is 5.97 Å². The molecule has 2 aromatic rings. The first-order valence-corrected chi connectivity index (χ1v) is 8.69. The van der Waals surface area contributed by atoms with Crippen LogP contribution in [0.2, 0.25) is 0 Å². The summed E-state index contributed by atoms with van der Waals surface area (Å²) in [4.78, 5) is 25.1. The Kier molecular flexibility index (Phi) is 4.68. The summed E-state index contributed by atoms with van der Waals surface area (Å²) in [6.45, 7) is 5.89. The molecule has 0 atom stereocenters. The van der Waals surface area contributed by atoms with E-state index in [4.69, 9.17) is 0 Å². The SMILES string of the molecule is CC(C)=Cc1c(C)cccc1C(=O)NC1(C(=O)O)Cc2ccccc2C1. The lowest BCUT2D eigenvalue weighted by molar-refractivity contribution is -0.144. The van der Waals surface area contributed by atoms with Crippen LogP contribution in [0.15, 0.2) is 48.0 Å². The first-order chi connectivity index (χ1) is 12.3. The second-order valence-electron chi connectivity index (χ2n) is 7.22. The molecule has 0 saturated heterocycles. The smallest absolute Gasteiger partial charge is 0.330 e. The molecule has 0 saturated carbocycles. The highest BCUT2D eigenvalue weighted by Crippen LogP contribution is 2.31. The summed E-state index contributed by atoms with van der Waals surface area (Å²) in [5, 5.41) is 12.7. The Morgan fingerprint density at radius 3 is 2.19 bits per heavy atom. The van der Waals surface area contributed by atoms with Crippen LogP contribution in [0.25, 0.3) is 6.08 Å². The number of benzene rings is 2.